The molecule has 0 atom stereocenters. The summed E-state index contributed by atoms with van der Waals surface area (Å²) in [6.45, 7) is 1.79. The van der Waals surface area contributed by atoms with Gasteiger partial charge in [-0.25, -0.2) is 4.79 Å². The summed E-state index contributed by atoms with van der Waals surface area (Å²) >= 11 is 0. The van der Waals surface area contributed by atoms with Crippen LogP contribution in [0.1, 0.15) is 26.5 Å². The Morgan fingerprint density at radius 2 is 2.15 bits per heavy atom. The van der Waals surface area contributed by atoms with Crippen molar-refractivity contribution in [3.63, 3.8) is 0 Å². The summed E-state index contributed by atoms with van der Waals surface area (Å²) in [5, 5.41) is 18.0. The molecule has 0 saturated heterocycles. The Morgan fingerprint density at radius 3 is 2.85 bits per heavy atom. The zero-order valence-electron chi connectivity index (χ0n) is 10.8. The van der Waals surface area contributed by atoms with E-state index in [1.54, 1.807) is 13.0 Å². The minimum Gasteiger partial charge on any atom is -0.507 e. The Bertz CT molecular complexity index is 665. The van der Waals surface area contributed by atoms with Crippen LogP contribution in [0, 0.1) is 6.92 Å². The number of nitrogens with one attached hydrogen (secondary N) is 2. The van der Waals surface area contributed by atoms with Gasteiger partial charge < -0.3 is 9.84 Å². The highest BCUT2D eigenvalue weighted by Crippen LogP contribution is 2.19. The number of nitrogens with zero attached hydrogens (tertiary/aromatic N) is 2. The highest BCUT2D eigenvalue weighted by atomic mass is 16.5. The number of aromatic hydroxyl groups is 1. The van der Waals surface area contributed by atoms with Crippen molar-refractivity contribution in [1.82, 2.24) is 15.2 Å². The number of phenolic OH excluding ortho intramolecular Hbond substituents is 1. The summed E-state index contributed by atoms with van der Waals surface area (Å²) in [6, 6.07) is 4.62. The van der Waals surface area contributed by atoms with Gasteiger partial charge in [-0.2, -0.15) is 4.98 Å². The largest absolute Gasteiger partial charge is 0.507 e. The molecule has 2 aromatic rings. The predicted octanol–water partition coefficient (Wildman–Crippen LogP) is 0.858. The molecule has 3 N–H and O–H groups in total. The molecule has 1 aromatic heterocycles. The minimum absolute atomic E-state index is 0.0868. The lowest BCUT2D eigenvalue weighted by Gasteiger charge is -2.04. The standard InChI is InChI=1S/C12H12N4O4/c1-6-3-4-8(17)7(5-6)10(18)14-12-13-9(15-16-12)11(19)20-2/h3-5,17H,1-2H3,(H2,13,14,15,16,18). The quantitative estimate of drug-likeness (QED) is 0.716. The summed E-state index contributed by atoms with van der Waals surface area (Å²) in [5.41, 5.74) is 0.910. The average molecular weight is 276 g/mol. The van der Waals surface area contributed by atoms with Crippen LogP contribution in [0.15, 0.2) is 18.2 Å². The molecular weight excluding hydrogens is 264 g/mol. The Balaban J connectivity index is 2.17. The zero-order valence-corrected chi connectivity index (χ0v) is 10.8. The molecule has 8 nitrogen and oxygen atoms in total. The number of hydrogen-bond donors (Lipinski definition) is 3. The maximum Gasteiger partial charge on any atom is 0.375 e. The van der Waals surface area contributed by atoms with Gasteiger partial charge in [0.1, 0.15) is 5.75 Å². The van der Waals surface area contributed by atoms with Gasteiger partial charge in [0, 0.05) is 0 Å². The van der Waals surface area contributed by atoms with Gasteiger partial charge in [0.2, 0.25) is 11.8 Å². The van der Waals surface area contributed by atoms with E-state index in [2.05, 4.69) is 25.2 Å². The monoisotopic (exact) mass is 276 g/mol. The molecule has 0 radical (unpaired) electrons. The summed E-state index contributed by atoms with van der Waals surface area (Å²) in [4.78, 5) is 26.9. The van der Waals surface area contributed by atoms with E-state index in [1.807, 2.05) is 0 Å². The number of carbonyl (C=O) groups is 2. The van der Waals surface area contributed by atoms with Crippen molar-refractivity contribution in [2.45, 2.75) is 6.92 Å². The van der Waals surface area contributed by atoms with Crippen molar-refractivity contribution in [1.29, 1.82) is 0 Å². The molecule has 1 heterocycles. The average Bonchev–Trinajstić information content (AvgIpc) is 2.89. The number of amides is 1. The Kier molecular flexibility index (Phi) is 3.65. The van der Waals surface area contributed by atoms with Crippen LogP contribution in [0.2, 0.25) is 0 Å². The first-order valence-corrected chi connectivity index (χ1v) is 5.63. The van der Waals surface area contributed by atoms with Crippen LogP contribution >= 0.6 is 0 Å². The second kappa shape index (κ2) is 5.39. The summed E-state index contributed by atoms with van der Waals surface area (Å²) < 4.78 is 4.45. The highest BCUT2D eigenvalue weighted by Gasteiger charge is 2.16. The van der Waals surface area contributed by atoms with Crippen LogP contribution in [-0.4, -0.2) is 39.3 Å². The number of aromatic amines is 1. The van der Waals surface area contributed by atoms with Gasteiger partial charge in [0.15, 0.2) is 0 Å². The first-order valence-electron chi connectivity index (χ1n) is 5.63. The smallest absolute Gasteiger partial charge is 0.375 e. The van der Waals surface area contributed by atoms with Gasteiger partial charge in [0.05, 0.1) is 12.7 Å². The lowest BCUT2D eigenvalue weighted by molar-refractivity contribution is 0.0587. The third kappa shape index (κ3) is 2.74. The Morgan fingerprint density at radius 1 is 1.40 bits per heavy atom. The summed E-state index contributed by atoms with van der Waals surface area (Å²) in [6.07, 6.45) is 0. The van der Waals surface area contributed by atoms with Crippen LogP contribution in [0.4, 0.5) is 5.95 Å². The number of hydrogen-bond acceptors (Lipinski definition) is 6. The van der Waals surface area contributed by atoms with Crippen LogP contribution in [0.25, 0.3) is 0 Å². The predicted molar refractivity (Wildman–Crippen MR) is 68.5 cm³/mol. The molecule has 8 heteroatoms. The number of H-pyrrole nitrogens is 1. The van der Waals surface area contributed by atoms with Gasteiger partial charge in [-0.15, -0.1) is 5.10 Å². The van der Waals surface area contributed by atoms with E-state index < -0.39 is 11.9 Å². The number of aryl methyl sites for hydroxylation is 1. The molecule has 0 spiro atoms. The Hall–Kier alpha value is -2.90. The van der Waals surface area contributed by atoms with Gasteiger partial charge in [0.25, 0.3) is 5.91 Å². The van der Waals surface area contributed by atoms with Gasteiger partial charge in [-0.3, -0.25) is 15.2 Å². The lowest BCUT2D eigenvalue weighted by Crippen LogP contribution is -2.13. The molecule has 1 aromatic carbocycles. The van der Waals surface area contributed by atoms with E-state index in [0.29, 0.717) is 0 Å². The van der Waals surface area contributed by atoms with Crippen molar-refractivity contribution in [2.75, 3.05) is 12.4 Å². The molecule has 0 saturated carbocycles. The van der Waals surface area contributed by atoms with Crippen molar-refractivity contribution in [2.24, 2.45) is 0 Å². The number of benzene rings is 1. The molecule has 0 aliphatic rings. The fourth-order valence-electron chi connectivity index (χ4n) is 1.51. The van der Waals surface area contributed by atoms with E-state index in [1.165, 1.54) is 19.2 Å². The number of carbonyl (C=O) groups excluding carboxylic acids is 2. The SMILES string of the molecule is COC(=O)c1nc(NC(=O)c2cc(C)ccc2O)n[nH]1. The molecule has 20 heavy (non-hydrogen) atoms. The van der Waals surface area contributed by atoms with Gasteiger partial charge in [-0.1, -0.05) is 11.6 Å². The lowest BCUT2D eigenvalue weighted by atomic mass is 10.1. The van der Waals surface area contributed by atoms with Crippen molar-refractivity contribution in [3.05, 3.63) is 35.2 Å². The molecule has 0 unspecified atom stereocenters. The first kappa shape index (κ1) is 13.5. The first-order chi connectivity index (χ1) is 9.51. The van der Waals surface area contributed by atoms with Crippen LogP contribution in [0.3, 0.4) is 0 Å². The van der Waals surface area contributed by atoms with E-state index in [9.17, 15) is 14.7 Å². The molecule has 0 fully saturated rings. The minimum atomic E-state index is -0.698. The van der Waals surface area contributed by atoms with E-state index in [0.717, 1.165) is 5.56 Å². The number of methoxy groups -OCH3 is 1. The normalized spacial score (nSPS) is 10.1. The van der Waals surface area contributed by atoms with Gasteiger partial charge >= 0.3 is 5.97 Å². The van der Waals surface area contributed by atoms with E-state index in [4.69, 9.17) is 0 Å². The van der Waals surface area contributed by atoms with Crippen LogP contribution in [0.5, 0.6) is 5.75 Å². The molecule has 0 aliphatic heterocycles. The van der Waals surface area contributed by atoms with Crippen molar-refractivity contribution < 1.29 is 19.4 Å². The number of rotatable bonds is 3. The molecular formula is C12H12N4O4. The van der Waals surface area contributed by atoms with E-state index >= 15 is 0 Å². The van der Waals surface area contributed by atoms with Crippen LogP contribution < -0.4 is 5.32 Å². The number of phenols is 1. The maximum atomic E-state index is 12.0. The number of esters is 1. The highest BCUT2D eigenvalue weighted by molar-refractivity contribution is 6.05. The second-order valence-electron chi connectivity index (χ2n) is 3.97. The molecule has 0 bridgehead atoms. The maximum absolute atomic E-state index is 12.0. The van der Waals surface area contributed by atoms with Crippen molar-refractivity contribution in [3.8, 4) is 5.75 Å². The molecule has 0 aliphatic carbocycles. The number of ether oxygens (including phenoxy) is 1. The molecule has 1 amide bonds. The van der Waals surface area contributed by atoms with Crippen molar-refractivity contribution >= 4 is 17.8 Å². The van der Waals surface area contributed by atoms with E-state index in [-0.39, 0.29) is 23.1 Å². The summed E-state index contributed by atoms with van der Waals surface area (Å²) in [7, 11) is 1.20. The molecule has 2 rings (SSSR count). The fourth-order valence-corrected chi connectivity index (χ4v) is 1.51. The topological polar surface area (TPSA) is 117 Å². The Labute approximate surface area is 113 Å². The third-order valence-electron chi connectivity index (χ3n) is 2.49. The zero-order chi connectivity index (χ0) is 14.7. The fraction of sp³-hybridized carbons (Fsp3) is 0.167. The van der Waals surface area contributed by atoms with Crippen LogP contribution in [-0.2, 0) is 4.74 Å². The molecule has 104 valence electrons. The second-order valence-corrected chi connectivity index (χ2v) is 3.97. The van der Waals surface area contributed by atoms with Gasteiger partial charge in [-0.05, 0) is 19.1 Å². The third-order valence-corrected chi connectivity index (χ3v) is 2.49. The summed E-state index contributed by atoms with van der Waals surface area (Å²) in [5.74, 6) is -1.65. The number of aromatic nitrogens is 3. The number of anilines is 1.